The summed E-state index contributed by atoms with van der Waals surface area (Å²) in [5.41, 5.74) is 0.725. The number of nitrogens with one attached hydrogen (secondary N) is 1. The number of aliphatic hydroxyl groups excluding tert-OH is 1. The number of aromatic hydroxyl groups is 1. The summed E-state index contributed by atoms with van der Waals surface area (Å²) in [4.78, 5) is 0. The van der Waals surface area contributed by atoms with Crippen LogP contribution >= 0.6 is 0 Å². The number of phenolic OH excluding ortho intramolecular Hbond substituents is 1. The first kappa shape index (κ1) is 14.4. The number of ether oxygens (including phenoxy) is 1. The minimum atomic E-state index is -0.706. The zero-order valence-corrected chi connectivity index (χ0v) is 11.4. The molecule has 1 unspecified atom stereocenters. The van der Waals surface area contributed by atoms with Gasteiger partial charge in [-0.15, -0.1) is 0 Å². The minimum Gasteiger partial charge on any atom is -0.508 e. The molecule has 1 aromatic carbocycles. The number of aliphatic hydroxyl groups is 1. The van der Waals surface area contributed by atoms with Gasteiger partial charge < -0.3 is 24.7 Å². The Balaban J connectivity index is 1.88. The van der Waals surface area contributed by atoms with Gasteiger partial charge in [-0.2, -0.15) is 0 Å². The second-order valence-electron chi connectivity index (χ2n) is 4.39. The molecule has 2 aromatic rings. The maximum absolute atomic E-state index is 9.85. The van der Waals surface area contributed by atoms with Crippen LogP contribution in [0, 0.1) is 0 Å². The summed E-state index contributed by atoms with van der Waals surface area (Å²) in [5, 5.41) is 22.7. The van der Waals surface area contributed by atoms with Gasteiger partial charge in [0.25, 0.3) is 0 Å². The molecule has 0 saturated carbocycles. The average molecular weight is 277 g/mol. The van der Waals surface area contributed by atoms with Crippen molar-refractivity contribution in [1.29, 1.82) is 0 Å². The van der Waals surface area contributed by atoms with Crippen LogP contribution in [0.3, 0.4) is 0 Å². The first-order valence-corrected chi connectivity index (χ1v) is 6.57. The Kier molecular flexibility index (Phi) is 5.03. The van der Waals surface area contributed by atoms with Crippen LogP contribution in [0.1, 0.15) is 24.4 Å². The highest BCUT2D eigenvalue weighted by Gasteiger charge is 2.10. The molecular formula is C15H19NO4. The van der Waals surface area contributed by atoms with E-state index >= 15 is 0 Å². The molecule has 108 valence electrons. The SMILES string of the molecule is CCOc1ccc(O)c(CNCC(O)c2ccco2)c1. The van der Waals surface area contributed by atoms with Crippen molar-refractivity contribution in [3.05, 3.63) is 47.9 Å². The number of benzene rings is 1. The monoisotopic (exact) mass is 277 g/mol. The molecule has 2 rings (SSSR count). The highest BCUT2D eigenvalue weighted by atomic mass is 16.5. The Hall–Kier alpha value is -1.98. The van der Waals surface area contributed by atoms with Gasteiger partial charge in [-0.3, -0.25) is 0 Å². The molecule has 0 aliphatic rings. The molecule has 0 saturated heterocycles. The quantitative estimate of drug-likeness (QED) is 0.723. The van der Waals surface area contributed by atoms with Crippen LogP contribution in [0.15, 0.2) is 41.0 Å². The van der Waals surface area contributed by atoms with Crippen LogP contribution in [-0.2, 0) is 6.54 Å². The average Bonchev–Trinajstić information content (AvgIpc) is 2.96. The smallest absolute Gasteiger partial charge is 0.133 e. The van der Waals surface area contributed by atoms with Gasteiger partial charge in [0.2, 0.25) is 0 Å². The molecule has 1 heterocycles. The predicted octanol–water partition coefficient (Wildman–Crippen LogP) is 2.21. The molecule has 0 spiro atoms. The third-order valence-corrected chi connectivity index (χ3v) is 2.89. The van der Waals surface area contributed by atoms with E-state index in [9.17, 15) is 10.2 Å². The lowest BCUT2D eigenvalue weighted by Crippen LogP contribution is -2.20. The fraction of sp³-hybridized carbons (Fsp3) is 0.333. The number of phenols is 1. The molecule has 0 aliphatic heterocycles. The molecule has 0 aliphatic carbocycles. The lowest BCUT2D eigenvalue weighted by molar-refractivity contribution is 0.147. The van der Waals surface area contributed by atoms with Crippen LogP contribution in [0.4, 0.5) is 0 Å². The highest BCUT2D eigenvalue weighted by molar-refractivity contribution is 5.39. The molecule has 20 heavy (non-hydrogen) atoms. The molecule has 1 atom stereocenters. The van der Waals surface area contributed by atoms with Gasteiger partial charge in [0, 0.05) is 18.7 Å². The molecule has 0 radical (unpaired) electrons. The number of furan rings is 1. The van der Waals surface area contributed by atoms with Crippen LogP contribution in [0.5, 0.6) is 11.5 Å². The minimum absolute atomic E-state index is 0.202. The maximum atomic E-state index is 9.85. The normalized spacial score (nSPS) is 12.3. The van der Waals surface area contributed by atoms with Crippen molar-refractivity contribution in [3.63, 3.8) is 0 Å². The van der Waals surface area contributed by atoms with Crippen LogP contribution < -0.4 is 10.1 Å². The van der Waals surface area contributed by atoms with Crippen molar-refractivity contribution < 1.29 is 19.4 Å². The highest BCUT2D eigenvalue weighted by Crippen LogP contribution is 2.23. The van der Waals surface area contributed by atoms with E-state index in [1.54, 1.807) is 30.3 Å². The largest absolute Gasteiger partial charge is 0.508 e. The lowest BCUT2D eigenvalue weighted by Gasteiger charge is -2.11. The van der Waals surface area contributed by atoms with Crippen molar-refractivity contribution in [2.75, 3.05) is 13.2 Å². The molecule has 3 N–H and O–H groups in total. The van der Waals surface area contributed by atoms with Crippen molar-refractivity contribution in [2.24, 2.45) is 0 Å². The van der Waals surface area contributed by atoms with E-state index in [0.717, 1.165) is 5.56 Å². The lowest BCUT2D eigenvalue weighted by atomic mass is 10.2. The van der Waals surface area contributed by atoms with Crippen LogP contribution in [-0.4, -0.2) is 23.4 Å². The second kappa shape index (κ2) is 6.98. The number of hydrogen-bond acceptors (Lipinski definition) is 5. The molecular weight excluding hydrogens is 258 g/mol. The Morgan fingerprint density at radius 1 is 1.35 bits per heavy atom. The standard InChI is InChI=1S/C15H19NO4/c1-2-19-12-5-6-13(17)11(8-12)9-16-10-14(18)15-4-3-7-20-15/h3-8,14,16-18H,2,9-10H2,1H3. The number of rotatable bonds is 7. The summed E-state index contributed by atoms with van der Waals surface area (Å²) in [6.07, 6.45) is 0.817. The molecule has 0 amide bonds. The van der Waals surface area contributed by atoms with Gasteiger partial charge >= 0.3 is 0 Å². The first-order valence-electron chi connectivity index (χ1n) is 6.57. The molecule has 1 aromatic heterocycles. The Morgan fingerprint density at radius 2 is 2.20 bits per heavy atom. The van der Waals surface area contributed by atoms with E-state index in [1.165, 1.54) is 6.26 Å². The zero-order chi connectivity index (χ0) is 14.4. The van der Waals surface area contributed by atoms with Crippen molar-refractivity contribution in [2.45, 2.75) is 19.6 Å². The third-order valence-electron chi connectivity index (χ3n) is 2.89. The summed E-state index contributed by atoms with van der Waals surface area (Å²) in [6.45, 7) is 3.26. The van der Waals surface area contributed by atoms with Crippen molar-refractivity contribution >= 4 is 0 Å². The summed E-state index contributed by atoms with van der Waals surface area (Å²) < 4.78 is 10.5. The summed E-state index contributed by atoms with van der Waals surface area (Å²) in [7, 11) is 0. The van der Waals surface area contributed by atoms with Gasteiger partial charge in [0.1, 0.15) is 23.4 Å². The Morgan fingerprint density at radius 3 is 2.90 bits per heavy atom. The summed E-state index contributed by atoms with van der Waals surface area (Å²) in [6, 6.07) is 8.56. The zero-order valence-electron chi connectivity index (χ0n) is 11.4. The van der Waals surface area contributed by atoms with Crippen LogP contribution in [0.2, 0.25) is 0 Å². The van der Waals surface area contributed by atoms with Gasteiger partial charge in [-0.1, -0.05) is 0 Å². The summed E-state index contributed by atoms with van der Waals surface area (Å²) in [5.74, 6) is 1.44. The van der Waals surface area contributed by atoms with E-state index in [-0.39, 0.29) is 5.75 Å². The Labute approximate surface area is 117 Å². The van der Waals surface area contributed by atoms with Gasteiger partial charge in [0.15, 0.2) is 0 Å². The third kappa shape index (κ3) is 3.76. The molecule has 0 fully saturated rings. The fourth-order valence-electron chi connectivity index (χ4n) is 1.88. The van der Waals surface area contributed by atoms with Gasteiger partial charge in [0.05, 0.1) is 12.9 Å². The predicted molar refractivity (Wildman–Crippen MR) is 74.7 cm³/mol. The van der Waals surface area contributed by atoms with E-state index < -0.39 is 6.10 Å². The topological polar surface area (TPSA) is 74.9 Å². The molecule has 5 nitrogen and oxygen atoms in total. The molecule has 0 bridgehead atoms. The van der Waals surface area contributed by atoms with Crippen LogP contribution in [0.25, 0.3) is 0 Å². The van der Waals surface area contributed by atoms with Crippen molar-refractivity contribution in [3.8, 4) is 11.5 Å². The van der Waals surface area contributed by atoms with E-state index in [4.69, 9.17) is 9.15 Å². The van der Waals surface area contributed by atoms with Crippen molar-refractivity contribution in [1.82, 2.24) is 5.32 Å². The molecule has 5 heteroatoms. The first-order chi connectivity index (χ1) is 9.70. The Bertz CT molecular complexity index is 525. The van der Waals surface area contributed by atoms with E-state index in [1.807, 2.05) is 6.92 Å². The maximum Gasteiger partial charge on any atom is 0.133 e. The summed E-state index contributed by atoms with van der Waals surface area (Å²) >= 11 is 0. The van der Waals surface area contributed by atoms with Gasteiger partial charge in [-0.05, 0) is 37.3 Å². The van der Waals surface area contributed by atoms with Gasteiger partial charge in [-0.25, -0.2) is 0 Å². The number of hydrogen-bond donors (Lipinski definition) is 3. The second-order valence-corrected chi connectivity index (χ2v) is 4.39. The van der Waals surface area contributed by atoms with E-state index in [0.29, 0.717) is 31.2 Å². The fourth-order valence-corrected chi connectivity index (χ4v) is 1.88. The van der Waals surface area contributed by atoms with E-state index in [2.05, 4.69) is 5.32 Å².